The average Bonchev–Trinajstić information content (AvgIpc) is 3.61. The van der Waals surface area contributed by atoms with Crippen LogP contribution in [0.5, 0.6) is 0 Å². The molecule has 5 aromatic rings. The summed E-state index contributed by atoms with van der Waals surface area (Å²) < 4.78 is 5.92. The summed E-state index contributed by atoms with van der Waals surface area (Å²) in [4.78, 5) is 35.4. The van der Waals surface area contributed by atoms with E-state index >= 15 is 0 Å². The highest BCUT2D eigenvalue weighted by atomic mass is 35.5. The van der Waals surface area contributed by atoms with Crippen LogP contribution in [0, 0.1) is 5.92 Å². The van der Waals surface area contributed by atoms with Crippen LogP contribution >= 0.6 is 11.6 Å². The van der Waals surface area contributed by atoms with Crippen molar-refractivity contribution in [3.8, 4) is 11.1 Å². The number of aromatic nitrogens is 1. The first-order chi connectivity index (χ1) is 22.4. The number of nitrogens with one attached hydrogen (secondary N) is 2. The number of H-pyrrole nitrogens is 1. The summed E-state index contributed by atoms with van der Waals surface area (Å²) in [5.41, 5.74) is 8.40. The number of hydrogen-bond donors (Lipinski definition) is 2. The van der Waals surface area contributed by atoms with E-state index in [1.807, 2.05) is 91.9 Å². The number of aromatic amines is 1. The van der Waals surface area contributed by atoms with Gasteiger partial charge in [0.2, 0.25) is 5.91 Å². The molecule has 2 aliphatic rings. The van der Waals surface area contributed by atoms with Crippen molar-refractivity contribution in [2.45, 2.75) is 24.8 Å². The molecule has 46 heavy (non-hydrogen) atoms. The standard InChI is InChI=1S/C38H37ClN4O3/c1-42(2)21-24-17-25-18-27(39)15-16-36(25)43(22-24)37(44)35(19-26-20-40-34-14-8-7-9-28(26)34)41-38(45)46-23-33-31-12-5-3-10-29(31)30-11-4-6-13-32(30)33/h3-16,18,20,24,33,35,40H,17,19,21-23H2,1-2H3,(H,41,45)/t24?,35-/m1/s1. The van der Waals surface area contributed by atoms with Gasteiger partial charge in [-0.3, -0.25) is 4.79 Å². The summed E-state index contributed by atoms with van der Waals surface area (Å²) in [6, 6.07) is 29.3. The second-order valence-electron chi connectivity index (χ2n) is 12.6. The maximum absolute atomic E-state index is 14.6. The molecule has 4 aromatic carbocycles. The molecule has 1 aromatic heterocycles. The molecule has 0 radical (unpaired) electrons. The number of fused-ring (bicyclic) bond motifs is 5. The zero-order valence-electron chi connectivity index (χ0n) is 26.0. The minimum atomic E-state index is -0.850. The normalized spacial score (nSPS) is 16.2. The number of para-hydroxylation sites is 1. The molecule has 2 heterocycles. The van der Waals surface area contributed by atoms with E-state index in [2.05, 4.69) is 39.5 Å². The van der Waals surface area contributed by atoms with E-state index in [-0.39, 0.29) is 24.3 Å². The number of benzene rings is 4. The van der Waals surface area contributed by atoms with Crippen molar-refractivity contribution in [2.24, 2.45) is 5.92 Å². The number of alkyl carbamates (subject to hydrolysis) is 1. The molecule has 2 atom stereocenters. The molecule has 0 saturated carbocycles. The van der Waals surface area contributed by atoms with Crippen LogP contribution in [0.4, 0.5) is 10.5 Å². The van der Waals surface area contributed by atoms with Gasteiger partial charge >= 0.3 is 6.09 Å². The highest BCUT2D eigenvalue weighted by Gasteiger charge is 2.35. The summed E-state index contributed by atoms with van der Waals surface area (Å²) in [5, 5.41) is 4.65. The summed E-state index contributed by atoms with van der Waals surface area (Å²) in [5.74, 6) is -0.0367. The van der Waals surface area contributed by atoms with Crippen LogP contribution in [-0.2, 0) is 22.4 Å². The van der Waals surface area contributed by atoms with Gasteiger partial charge in [-0.15, -0.1) is 0 Å². The average molecular weight is 633 g/mol. The van der Waals surface area contributed by atoms with Gasteiger partial charge < -0.3 is 24.8 Å². The maximum Gasteiger partial charge on any atom is 0.407 e. The van der Waals surface area contributed by atoms with Crippen molar-refractivity contribution in [3.05, 3.63) is 124 Å². The van der Waals surface area contributed by atoms with E-state index in [0.717, 1.165) is 62.9 Å². The van der Waals surface area contributed by atoms with E-state index in [1.165, 1.54) is 0 Å². The molecule has 1 aliphatic heterocycles. The van der Waals surface area contributed by atoms with Gasteiger partial charge in [0.1, 0.15) is 12.6 Å². The lowest BCUT2D eigenvalue weighted by atomic mass is 9.91. The third-order valence-corrected chi connectivity index (χ3v) is 9.44. The molecule has 0 bridgehead atoms. The van der Waals surface area contributed by atoms with Crippen LogP contribution in [0.1, 0.15) is 28.2 Å². The monoisotopic (exact) mass is 632 g/mol. The van der Waals surface area contributed by atoms with E-state index in [1.54, 1.807) is 0 Å². The predicted octanol–water partition coefficient (Wildman–Crippen LogP) is 7.04. The Labute approximate surface area is 274 Å². The fourth-order valence-electron chi connectivity index (χ4n) is 7.25. The highest BCUT2D eigenvalue weighted by Crippen LogP contribution is 2.44. The minimum absolute atomic E-state index is 0.0774. The number of amides is 2. The van der Waals surface area contributed by atoms with Crippen LogP contribution in [-0.4, -0.2) is 61.7 Å². The molecule has 2 N–H and O–H groups in total. The molecule has 7 nitrogen and oxygen atoms in total. The van der Waals surface area contributed by atoms with E-state index in [9.17, 15) is 9.59 Å². The molecule has 0 spiro atoms. The van der Waals surface area contributed by atoms with Crippen LogP contribution in [0.3, 0.4) is 0 Å². The Kier molecular flexibility index (Phi) is 8.28. The smallest absolute Gasteiger partial charge is 0.407 e. The van der Waals surface area contributed by atoms with Crippen molar-refractivity contribution in [1.82, 2.24) is 15.2 Å². The van der Waals surface area contributed by atoms with Crippen LogP contribution in [0.25, 0.3) is 22.0 Å². The number of hydrogen-bond acceptors (Lipinski definition) is 4. The highest BCUT2D eigenvalue weighted by molar-refractivity contribution is 6.30. The van der Waals surface area contributed by atoms with Crippen molar-refractivity contribution in [1.29, 1.82) is 0 Å². The second kappa shape index (κ2) is 12.7. The molecule has 1 aliphatic carbocycles. The first kappa shape index (κ1) is 30.1. The summed E-state index contributed by atoms with van der Waals surface area (Å²) >= 11 is 6.40. The van der Waals surface area contributed by atoms with Crippen molar-refractivity contribution in [2.75, 3.05) is 38.7 Å². The molecule has 234 valence electrons. The molecule has 2 amide bonds. The Morgan fingerprint density at radius 3 is 2.41 bits per heavy atom. The maximum atomic E-state index is 14.6. The van der Waals surface area contributed by atoms with Gasteiger partial charge in [0.25, 0.3) is 0 Å². The number of ether oxygens (including phenoxy) is 1. The lowest BCUT2D eigenvalue weighted by Crippen LogP contribution is -2.53. The molecule has 0 fully saturated rings. The topological polar surface area (TPSA) is 77.7 Å². The lowest BCUT2D eigenvalue weighted by molar-refractivity contribution is -0.120. The lowest BCUT2D eigenvalue weighted by Gasteiger charge is -2.37. The van der Waals surface area contributed by atoms with E-state index < -0.39 is 12.1 Å². The van der Waals surface area contributed by atoms with Gasteiger partial charge in [-0.05, 0) is 84.1 Å². The quantitative estimate of drug-likeness (QED) is 0.192. The van der Waals surface area contributed by atoms with Gasteiger partial charge in [-0.1, -0.05) is 78.3 Å². The third-order valence-electron chi connectivity index (χ3n) is 9.20. The van der Waals surface area contributed by atoms with E-state index in [4.69, 9.17) is 16.3 Å². The number of halogens is 1. The predicted molar refractivity (Wildman–Crippen MR) is 184 cm³/mol. The number of carbonyl (C=O) groups is 2. The summed E-state index contributed by atoms with van der Waals surface area (Å²) in [6.07, 6.45) is 2.44. The number of rotatable bonds is 8. The summed E-state index contributed by atoms with van der Waals surface area (Å²) in [6.45, 7) is 1.54. The van der Waals surface area contributed by atoms with Crippen LogP contribution in [0.2, 0.25) is 5.02 Å². The van der Waals surface area contributed by atoms with Crippen LogP contribution < -0.4 is 10.2 Å². The summed E-state index contributed by atoms with van der Waals surface area (Å²) in [7, 11) is 4.08. The van der Waals surface area contributed by atoms with Gasteiger partial charge in [0.05, 0.1) is 0 Å². The SMILES string of the molecule is CN(C)CC1Cc2cc(Cl)ccc2N(C(=O)[C@@H](Cc2c[nH]c3ccccc23)NC(=O)OCC2c3ccccc3-c3ccccc32)C1. The molecular formula is C38H37ClN4O3. The fraction of sp³-hybridized carbons (Fsp3) is 0.263. The molecule has 7 rings (SSSR count). The van der Waals surface area contributed by atoms with Crippen molar-refractivity contribution in [3.63, 3.8) is 0 Å². The second-order valence-corrected chi connectivity index (χ2v) is 13.1. The van der Waals surface area contributed by atoms with Crippen molar-refractivity contribution < 1.29 is 14.3 Å². The first-order valence-electron chi connectivity index (χ1n) is 15.8. The molecule has 8 heteroatoms. The Morgan fingerprint density at radius 1 is 0.978 bits per heavy atom. The number of carbonyl (C=O) groups excluding carboxylic acids is 2. The first-order valence-corrected chi connectivity index (χ1v) is 16.1. The van der Waals surface area contributed by atoms with Gasteiger partial charge in [0, 0.05) is 53.2 Å². The Bertz CT molecular complexity index is 1870. The molecule has 0 saturated heterocycles. The van der Waals surface area contributed by atoms with Crippen molar-refractivity contribution >= 4 is 40.2 Å². The Balaban J connectivity index is 1.16. The molecule has 1 unspecified atom stereocenters. The zero-order chi connectivity index (χ0) is 31.8. The van der Waals surface area contributed by atoms with E-state index in [0.29, 0.717) is 18.0 Å². The minimum Gasteiger partial charge on any atom is -0.449 e. The zero-order valence-corrected chi connectivity index (χ0v) is 26.8. The number of nitrogens with zero attached hydrogens (tertiary/aromatic N) is 2. The fourth-order valence-corrected chi connectivity index (χ4v) is 7.45. The van der Waals surface area contributed by atoms with Gasteiger partial charge in [-0.25, -0.2) is 4.79 Å². The third kappa shape index (κ3) is 5.88. The van der Waals surface area contributed by atoms with Gasteiger partial charge in [-0.2, -0.15) is 0 Å². The van der Waals surface area contributed by atoms with Crippen LogP contribution in [0.15, 0.2) is 97.2 Å². The molecular weight excluding hydrogens is 596 g/mol. The largest absolute Gasteiger partial charge is 0.449 e. The Morgan fingerprint density at radius 2 is 1.67 bits per heavy atom. The number of anilines is 1. The Hall–Kier alpha value is -4.59. The van der Waals surface area contributed by atoms with Gasteiger partial charge in [0.15, 0.2) is 0 Å².